The summed E-state index contributed by atoms with van der Waals surface area (Å²) < 4.78 is 0. The molecule has 0 saturated heterocycles. The minimum Gasteiger partial charge on any atom is -0.344 e. The van der Waals surface area contributed by atoms with E-state index in [1.54, 1.807) is 0 Å². The van der Waals surface area contributed by atoms with Gasteiger partial charge in [-0.1, -0.05) is 0 Å². The average Bonchev–Trinajstić information content (AvgIpc) is 0. The molecule has 1 unspecified atom stereocenters. The molecule has 1 radical (unpaired) electrons. The van der Waals surface area contributed by atoms with Crippen LogP contribution in [0.25, 0.3) is 0 Å². The smallest absolute Gasteiger partial charge is 0 e. The fourth-order valence-electron chi connectivity index (χ4n) is 0. The molecule has 0 aliphatic rings. The van der Waals surface area contributed by atoms with E-state index >= 15 is 0 Å². The van der Waals surface area contributed by atoms with Crippen LogP contribution in [0.15, 0.2) is 0 Å². The molecule has 0 heterocycles. The SMILES string of the molecule is N.P.[Cu].[Zn]. The van der Waals surface area contributed by atoms with E-state index in [1.165, 1.54) is 0 Å². The van der Waals surface area contributed by atoms with Gasteiger partial charge in [0.2, 0.25) is 0 Å². The molecule has 0 fully saturated rings. The molecule has 4 heteroatoms. The van der Waals surface area contributed by atoms with Gasteiger partial charge in [0.25, 0.3) is 0 Å². The van der Waals surface area contributed by atoms with Crippen molar-refractivity contribution in [1.29, 1.82) is 0 Å². The first-order chi connectivity index (χ1) is 0. The Morgan fingerprint density at radius 2 is 1.00 bits per heavy atom. The molecule has 1 atom stereocenters. The van der Waals surface area contributed by atoms with Gasteiger partial charge in [0.1, 0.15) is 0 Å². The minimum atomic E-state index is 0. The van der Waals surface area contributed by atoms with Crippen LogP contribution >= 0.6 is 9.90 Å². The summed E-state index contributed by atoms with van der Waals surface area (Å²) in [5.41, 5.74) is 0. The zero-order valence-corrected chi connectivity index (χ0v) is 7.75. The summed E-state index contributed by atoms with van der Waals surface area (Å²) in [6, 6.07) is 0. The van der Waals surface area contributed by atoms with Crippen LogP contribution in [-0.2, 0) is 36.5 Å². The van der Waals surface area contributed by atoms with Crippen LogP contribution in [0.2, 0.25) is 0 Å². The van der Waals surface area contributed by atoms with Crippen LogP contribution in [0, 0.1) is 0 Å². The summed E-state index contributed by atoms with van der Waals surface area (Å²) >= 11 is 0. The van der Waals surface area contributed by atoms with Crippen molar-refractivity contribution in [2.24, 2.45) is 0 Å². The van der Waals surface area contributed by atoms with Crippen molar-refractivity contribution in [3.63, 3.8) is 0 Å². The Bertz CT molecular complexity index is 8.00. The molecule has 0 amide bonds. The molecule has 0 aliphatic carbocycles. The molecule has 0 rings (SSSR count). The zero-order valence-electron chi connectivity index (χ0n) is 2.42. The average molecular weight is 180 g/mol. The summed E-state index contributed by atoms with van der Waals surface area (Å²) in [4.78, 5) is 0. The predicted molar refractivity (Wildman–Crippen MR) is 16.1 cm³/mol. The van der Waals surface area contributed by atoms with Crippen molar-refractivity contribution < 1.29 is 36.5 Å². The van der Waals surface area contributed by atoms with Gasteiger partial charge in [-0.3, -0.25) is 0 Å². The van der Waals surface area contributed by atoms with Crippen LogP contribution < -0.4 is 6.15 Å². The topological polar surface area (TPSA) is 35.0 Å². The molecule has 0 saturated carbocycles. The Hall–Kier alpha value is 1.53. The van der Waals surface area contributed by atoms with Crippen LogP contribution in [0.4, 0.5) is 0 Å². The zero-order chi connectivity index (χ0) is 0. The van der Waals surface area contributed by atoms with E-state index in [0.717, 1.165) is 0 Å². The van der Waals surface area contributed by atoms with E-state index < -0.39 is 0 Å². The van der Waals surface area contributed by atoms with Crippen molar-refractivity contribution in [3.05, 3.63) is 0 Å². The van der Waals surface area contributed by atoms with Crippen molar-refractivity contribution in [2.45, 2.75) is 0 Å². The maximum atomic E-state index is 0. The van der Waals surface area contributed by atoms with Crippen molar-refractivity contribution >= 4 is 9.90 Å². The second kappa shape index (κ2) is 24.1. The molecular formula is H6CuNPZn. The van der Waals surface area contributed by atoms with Gasteiger partial charge < -0.3 is 6.15 Å². The van der Waals surface area contributed by atoms with Crippen LogP contribution in [0.3, 0.4) is 0 Å². The Morgan fingerprint density at radius 1 is 1.00 bits per heavy atom. The number of hydrogen-bond donors (Lipinski definition) is 1. The van der Waals surface area contributed by atoms with Gasteiger partial charge in [-0.05, 0) is 0 Å². The molecule has 0 aliphatic heterocycles. The quantitative estimate of drug-likeness (QED) is 0.419. The van der Waals surface area contributed by atoms with Gasteiger partial charge in [-0.15, -0.1) is 0 Å². The van der Waals surface area contributed by atoms with Gasteiger partial charge in [0, 0.05) is 36.5 Å². The largest absolute Gasteiger partial charge is 0.344 e. The molecule has 0 spiro atoms. The Balaban J connectivity index is 0. The van der Waals surface area contributed by atoms with E-state index in [-0.39, 0.29) is 52.6 Å². The third-order valence-electron chi connectivity index (χ3n) is 0. The molecule has 4 heavy (non-hydrogen) atoms. The maximum Gasteiger partial charge on any atom is 0 e. The van der Waals surface area contributed by atoms with Crippen LogP contribution in [-0.4, -0.2) is 0 Å². The molecule has 0 bridgehead atoms. The summed E-state index contributed by atoms with van der Waals surface area (Å²) in [6.45, 7) is 0. The molecule has 3 N–H and O–H groups in total. The summed E-state index contributed by atoms with van der Waals surface area (Å²) in [5.74, 6) is 0. The molecule has 0 aromatic carbocycles. The van der Waals surface area contributed by atoms with E-state index in [9.17, 15) is 0 Å². The van der Waals surface area contributed by atoms with Crippen molar-refractivity contribution in [1.82, 2.24) is 6.15 Å². The standard InChI is InChI=1S/Cu.H3N.H3P.Zn/h;2*1H3;. The molecule has 1 nitrogen and oxygen atoms in total. The predicted octanol–water partition coefficient (Wildman–Crippen LogP) is 0.215. The Labute approximate surface area is 52.7 Å². The fraction of sp³-hybridized carbons (Fsp3) is 0. The first-order valence-corrected chi connectivity index (χ1v) is 0. The van der Waals surface area contributed by atoms with Crippen molar-refractivity contribution in [2.75, 3.05) is 0 Å². The van der Waals surface area contributed by atoms with Gasteiger partial charge in [0.15, 0.2) is 0 Å². The maximum absolute atomic E-state index is 0. The second-order valence-corrected chi connectivity index (χ2v) is 0. The van der Waals surface area contributed by atoms with Gasteiger partial charge in [-0.25, -0.2) is 0 Å². The van der Waals surface area contributed by atoms with E-state index in [2.05, 4.69) is 0 Å². The molecule has 0 aromatic heterocycles. The van der Waals surface area contributed by atoms with E-state index in [0.29, 0.717) is 0 Å². The van der Waals surface area contributed by atoms with Crippen LogP contribution in [0.5, 0.6) is 0 Å². The first kappa shape index (κ1) is 48.4. The summed E-state index contributed by atoms with van der Waals surface area (Å²) in [6.07, 6.45) is 0. The molecule has 29 valence electrons. The van der Waals surface area contributed by atoms with Gasteiger partial charge in [0.05, 0.1) is 0 Å². The minimum absolute atomic E-state index is 0. The van der Waals surface area contributed by atoms with Gasteiger partial charge in [-0.2, -0.15) is 9.90 Å². The Morgan fingerprint density at radius 3 is 1.00 bits per heavy atom. The summed E-state index contributed by atoms with van der Waals surface area (Å²) in [5, 5.41) is 0. The van der Waals surface area contributed by atoms with E-state index in [4.69, 9.17) is 0 Å². The third kappa shape index (κ3) is 9.65. The van der Waals surface area contributed by atoms with Crippen molar-refractivity contribution in [3.8, 4) is 0 Å². The number of rotatable bonds is 0. The number of hydrogen-bond acceptors (Lipinski definition) is 1. The Kier molecular flexibility index (Phi) is 291. The molecular weight excluding hydrogens is 174 g/mol. The normalized spacial score (nSPS) is 0. The third-order valence-corrected chi connectivity index (χ3v) is 0. The monoisotopic (exact) mass is 178 g/mol. The molecule has 0 aromatic rings. The van der Waals surface area contributed by atoms with E-state index in [1.807, 2.05) is 0 Å². The van der Waals surface area contributed by atoms with Gasteiger partial charge >= 0.3 is 0 Å². The second-order valence-electron chi connectivity index (χ2n) is 0. The first-order valence-electron chi connectivity index (χ1n) is 0. The van der Waals surface area contributed by atoms with Crippen LogP contribution in [0.1, 0.15) is 0 Å². The fourth-order valence-corrected chi connectivity index (χ4v) is 0. The summed E-state index contributed by atoms with van der Waals surface area (Å²) in [7, 11) is 0.